The second-order valence-corrected chi connectivity index (χ2v) is 6.16. The molecule has 1 unspecified atom stereocenters. The van der Waals surface area contributed by atoms with E-state index in [1.807, 2.05) is 12.1 Å². The Balaban J connectivity index is 2.06. The van der Waals surface area contributed by atoms with Gasteiger partial charge in [-0.2, -0.15) is 0 Å². The molecule has 2 rings (SSSR count). The van der Waals surface area contributed by atoms with Gasteiger partial charge in [-0.05, 0) is 43.6 Å². The van der Waals surface area contributed by atoms with Gasteiger partial charge in [0.1, 0.15) is 0 Å². The number of carboxylic acid groups (broad SMARTS) is 1. The van der Waals surface area contributed by atoms with Crippen molar-refractivity contribution in [1.29, 1.82) is 0 Å². The van der Waals surface area contributed by atoms with Gasteiger partial charge in [0.05, 0.1) is 5.92 Å². The highest BCUT2D eigenvalue weighted by atomic mass is 16.4. The Kier molecular flexibility index (Phi) is 4.62. The molecular formula is C17H24O2. The third kappa shape index (κ3) is 3.82. The summed E-state index contributed by atoms with van der Waals surface area (Å²) >= 11 is 0. The fourth-order valence-corrected chi connectivity index (χ4v) is 3.24. The normalized spacial score (nSPS) is 24.9. The number of hydrogen-bond donors (Lipinski definition) is 1. The van der Waals surface area contributed by atoms with Crippen molar-refractivity contribution < 1.29 is 9.90 Å². The van der Waals surface area contributed by atoms with Gasteiger partial charge >= 0.3 is 5.97 Å². The number of benzene rings is 1. The lowest BCUT2D eigenvalue weighted by atomic mass is 9.74. The van der Waals surface area contributed by atoms with E-state index in [1.54, 1.807) is 0 Å². The van der Waals surface area contributed by atoms with Crippen molar-refractivity contribution in [3.8, 4) is 0 Å². The minimum absolute atomic E-state index is 0.214. The summed E-state index contributed by atoms with van der Waals surface area (Å²) < 4.78 is 0. The third-order valence-corrected chi connectivity index (χ3v) is 4.48. The number of carbonyl (C=O) groups is 1. The Labute approximate surface area is 115 Å². The minimum atomic E-state index is -0.624. The van der Waals surface area contributed by atoms with E-state index in [0.717, 1.165) is 24.3 Å². The predicted molar refractivity (Wildman–Crippen MR) is 77.1 cm³/mol. The molecule has 1 aromatic rings. The summed E-state index contributed by atoms with van der Waals surface area (Å²) in [6.07, 6.45) is 5.19. The Hall–Kier alpha value is -1.31. The molecule has 0 bridgehead atoms. The number of aliphatic carboxylic acids is 1. The van der Waals surface area contributed by atoms with E-state index < -0.39 is 5.97 Å². The Morgan fingerprint density at radius 3 is 2.58 bits per heavy atom. The zero-order chi connectivity index (χ0) is 13.8. The van der Waals surface area contributed by atoms with Gasteiger partial charge in [0, 0.05) is 0 Å². The van der Waals surface area contributed by atoms with Crippen LogP contribution in [0.4, 0.5) is 0 Å². The summed E-state index contributed by atoms with van der Waals surface area (Å²) in [4.78, 5) is 11.6. The fourth-order valence-electron chi connectivity index (χ4n) is 3.24. The van der Waals surface area contributed by atoms with Crippen molar-refractivity contribution >= 4 is 5.97 Å². The molecule has 2 heteroatoms. The quantitative estimate of drug-likeness (QED) is 0.886. The zero-order valence-corrected chi connectivity index (χ0v) is 11.9. The zero-order valence-electron chi connectivity index (χ0n) is 11.9. The van der Waals surface area contributed by atoms with Crippen molar-refractivity contribution in [2.24, 2.45) is 17.8 Å². The van der Waals surface area contributed by atoms with E-state index in [9.17, 15) is 9.90 Å². The molecule has 1 aliphatic carbocycles. The Morgan fingerprint density at radius 1 is 1.32 bits per heavy atom. The molecule has 1 atom stereocenters. The lowest BCUT2D eigenvalue weighted by Gasteiger charge is -2.30. The molecule has 0 spiro atoms. The van der Waals surface area contributed by atoms with Crippen molar-refractivity contribution in [3.63, 3.8) is 0 Å². The van der Waals surface area contributed by atoms with Gasteiger partial charge in [-0.1, -0.05) is 49.6 Å². The van der Waals surface area contributed by atoms with Crippen molar-refractivity contribution in [3.05, 3.63) is 35.4 Å². The lowest BCUT2D eigenvalue weighted by molar-refractivity contribution is -0.144. The van der Waals surface area contributed by atoms with Crippen LogP contribution in [0.5, 0.6) is 0 Å². The minimum Gasteiger partial charge on any atom is -0.481 e. The average Bonchev–Trinajstić information content (AvgIpc) is 2.37. The highest BCUT2D eigenvalue weighted by Crippen LogP contribution is 2.34. The number of rotatable bonds is 4. The molecular weight excluding hydrogens is 236 g/mol. The molecule has 0 aromatic heterocycles. The summed E-state index contributed by atoms with van der Waals surface area (Å²) in [5.74, 6) is 0.286. The van der Waals surface area contributed by atoms with Gasteiger partial charge in [-0.25, -0.2) is 0 Å². The molecule has 0 amide bonds. The van der Waals surface area contributed by atoms with Crippen molar-refractivity contribution in [1.82, 2.24) is 0 Å². The molecule has 1 aromatic carbocycles. The van der Waals surface area contributed by atoms with Gasteiger partial charge in [0.15, 0.2) is 0 Å². The largest absolute Gasteiger partial charge is 0.481 e. The predicted octanol–water partition coefficient (Wildman–Crippen LogP) is 4.06. The van der Waals surface area contributed by atoms with Crippen LogP contribution in [0.25, 0.3) is 0 Å². The van der Waals surface area contributed by atoms with Crippen LogP contribution >= 0.6 is 0 Å². The molecule has 0 heterocycles. The number of carboxylic acids is 1. The molecule has 19 heavy (non-hydrogen) atoms. The average molecular weight is 260 g/mol. The van der Waals surface area contributed by atoms with Gasteiger partial charge in [-0.3, -0.25) is 4.79 Å². The van der Waals surface area contributed by atoms with Crippen LogP contribution < -0.4 is 0 Å². The maximum atomic E-state index is 11.6. The van der Waals surface area contributed by atoms with Crippen molar-refractivity contribution in [2.75, 3.05) is 0 Å². The van der Waals surface area contributed by atoms with Gasteiger partial charge in [-0.15, -0.1) is 0 Å². The van der Waals surface area contributed by atoms with E-state index in [0.29, 0.717) is 12.3 Å². The maximum Gasteiger partial charge on any atom is 0.307 e. The first kappa shape index (κ1) is 14.1. The summed E-state index contributed by atoms with van der Waals surface area (Å²) in [6.45, 7) is 4.33. The third-order valence-electron chi connectivity index (χ3n) is 4.48. The summed E-state index contributed by atoms with van der Waals surface area (Å²) in [7, 11) is 0. The highest BCUT2D eigenvalue weighted by Gasteiger charge is 2.30. The molecule has 1 saturated carbocycles. The van der Waals surface area contributed by atoms with E-state index >= 15 is 0 Å². The number of aryl methyl sites for hydroxylation is 1. The standard InChI is InChI=1S/C17H24O2/c1-12-6-8-15(9-7-12)16(17(18)19)11-14-5-3-4-13(2)10-14/h3-5,10,12,15-16H,6-9,11H2,1-2H3,(H,18,19). The molecule has 0 radical (unpaired) electrons. The first-order valence-corrected chi connectivity index (χ1v) is 7.34. The summed E-state index contributed by atoms with van der Waals surface area (Å²) in [6, 6.07) is 8.24. The lowest BCUT2D eigenvalue weighted by Crippen LogP contribution is -2.29. The fraction of sp³-hybridized carbons (Fsp3) is 0.588. The SMILES string of the molecule is Cc1cccc(CC(C(=O)O)C2CCC(C)CC2)c1. The molecule has 2 nitrogen and oxygen atoms in total. The monoisotopic (exact) mass is 260 g/mol. The topological polar surface area (TPSA) is 37.3 Å². The molecule has 1 N–H and O–H groups in total. The van der Waals surface area contributed by atoms with Gasteiger partial charge in [0.2, 0.25) is 0 Å². The van der Waals surface area contributed by atoms with Crippen LogP contribution in [0.3, 0.4) is 0 Å². The Morgan fingerprint density at radius 2 is 2.00 bits per heavy atom. The van der Waals surface area contributed by atoms with Crippen LogP contribution in [0.15, 0.2) is 24.3 Å². The first-order chi connectivity index (χ1) is 9.06. The summed E-state index contributed by atoms with van der Waals surface area (Å²) in [5, 5.41) is 9.52. The van der Waals surface area contributed by atoms with Crippen LogP contribution in [0, 0.1) is 24.7 Å². The molecule has 0 saturated heterocycles. The number of hydrogen-bond acceptors (Lipinski definition) is 1. The Bertz CT molecular complexity index is 431. The van der Waals surface area contributed by atoms with E-state index in [4.69, 9.17) is 0 Å². The molecule has 1 aliphatic rings. The van der Waals surface area contributed by atoms with E-state index in [2.05, 4.69) is 26.0 Å². The highest BCUT2D eigenvalue weighted by molar-refractivity contribution is 5.70. The molecule has 1 fully saturated rings. The van der Waals surface area contributed by atoms with Crippen LogP contribution in [-0.4, -0.2) is 11.1 Å². The van der Waals surface area contributed by atoms with Crippen LogP contribution in [0.1, 0.15) is 43.7 Å². The van der Waals surface area contributed by atoms with E-state index in [-0.39, 0.29) is 5.92 Å². The first-order valence-electron chi connectivity index (χ1n) is 7.34. The van der Waals surface area contributed by atoms with Gasteiger partial charge in [0.25, 0.3) is 0 Å². The second-order valence-electron chi connectivity index (χ2n) is 6.16. The van der Waals surface area contributed by atoms with Crippen LogP contribution in [-0.2, 0) is 11.2 Å². The van der Waals surface area contributed by atoms with Gasteiger partial charge < -0.3 is 5.11 Å². The smallest absolute Gasteiger partial charge is 0.307 e. The van der Waals surface area contributed by atoms with E-state index in [1.165, 1.54) is 18.4 Å². The van der Waals surface area contributed by atoms with Crippen molar-refractivity contribution in [2.45, 2.75) is 46.0 Å². The summed E-state index contributed by atoms with van der Waals surface area (Å²) in [5.41, 5.74) is 2.37. The molecule has 0 aliphatic heterocycles. The maximum absolute atomic E-state index is 11.6. The molecule has 104 valence electrons. The second kappa shape index (κ2) is 6.23. The van der Waals surface area contributed by atoms with Crippen LogP contribution in [0.2, 0.25) is 0 Å².